The first-order valence-corrected chi connectivity index (χ1v) is 11.1. The molecule has 1 N–H and O–H groups in total. The Kier molecular flexibility index (Phi) is 5.74. The molecule has 1 atom stereocenters. The minimum atomic E-state index is -0.500. The van der Waals surface area contributed by atoms with Crippen LogP contribution in [-0.2, 0) is 0 Å². The molecule has 4 aromatic rings. The number of halogens is 2. The zero-order chi connectivity index (χ0) is 23.8. The molecule has 5 rings (SSSR count). The molecular weight excluding hydrogens is 461 g/mol. The number of H-pyrrole nitrogens is 1. The molecule has 1 unspecified atom stereocenters. The van der Waals surface area contributed by atoms with Crippen molar-refractivity contribution in [2.24, 2.45) is 0 Å². The molecule has 1 amide bonds. The fourth-order valence-corrected chi connectivity index (χ4v) is 4.39. The summed E-state index contributed by atoms with van der Waals surface area (Å²) in [5.74, 6) is 0.172. The molecule has 0 bridgehead atoms. The van der Waals surface area contributed by atoms with E-state index < -0.39 is 5.82 Å². The second-order valence-electron chi connectivity index (χ2n) is 7.96. The number of rotatable bonds is 5. The van der Waals surface area contributed by atoms with Gasteiger partial charge in [0.05, 0.1) is 42.4 Å². The minimum absolute atomic E-state index is 0.0677. The van der Waals surface area contributed by atoms with E-state index in [1.54, 1.807) is 41.6 Å². The topological polar surface area (TPSA) is 102 Å². The molecule has 0 aliphatic carbocycles. The molecule has 1 aliphatic rings. The predicted octanol–water partition coefficient (Wildman–Crippen LogP) is 4.14. The highest BCUT2D eigenvalue weighted by Gasteiger charge is 2.35. The summed E-state index contributed by atoms with van der Waals surface area (Å²) in [5, 5.41) is 16.0. The number of benzene rings is 2. The standard InChI is InChI=1S/C23H21ClFN7O2/c1-13-11-19(32-26-8-9-27-32)15(12-16(13)24)23(33)31-10-4-7-18(31)22-28-21(29-30-22)14-5-3-6-17(25)20(14)34-2/h3,5-6,8-9,11-12,18H,4,7,10H2,1-2H3,(H,28,29,30). The third-order valence-corrected chi connectivity index (χ3v) is 6.29. The summed E-state index contributed by atoms with van der Waals surface area (Å²) < 4.78 is 19.3. The van der Waals surface area contributed by atoms with Gasteiger partial charge in [-0.2, -0.15) is 20.1 Å². The van der Waals surface area contributed by atoms with Gasteiger partial charge in [-0.1, -0.05) is 17.7 Å². The number of aryl methyl sites for hydroxylation is 1. The van der Waals surface area contributed by atoms with Crippen molar-refractivity contribution in [1.29, 1.82) is 0 Å². The number of nitrogens with zero attached hydrogens (tertiary/aromatic N) is 6. The third kappa shape index (κ3) is 3.79. The van der Waals surface area contributed by atoms with Gasteiger partial charge in [-0.15, -0.1) is 0 Å². The first kappa shape index (κ1) is 22.0. The van der Waals surface area contributed by atoms with Crippen molar-refractivity contribution in [2.75, 3.05) is 13.7 Å². The molecule has 1 saturated heterocycles. The number of nitrogens with one attached hydrogen (secondary N) is 1. The number of para-hydroxylation sites is 1. The molecule has 3 heterocycles. The monoisotopic (exact) mass is 481 g/mol. The summed E-state index contributed by atoms with van der Waals surface area (Å²) in [4.78, 5) is 21.4. The van der Waals surface area contributed by atoms with E-state index in [0.29, 0.717) is 46.5 Å². The molecule has 0 spiro atoms. The van der Waals surface area contributed by atoms with Gasteiger partial charge in [0.15, 0.2) is 17.4 Å². The summed E-state index contributed by atoms with van der Waals surface area (Å²) in [7, 11) is 1.39. The molecule has 2 aromatic carbocycles. The second kappa shape index (κ2) is 8.86. The quantitative estimate of drug-likeness (QED) is 0.459. The van der Waals surface area contributed by atoms with E-state index in [-0.39, 0.29) is 17.7 Å². The lowest BCUT2D eigenvalue weighted by Gasteiger charge is -2.24. The van der Waals surface area contributed by atoms with Gasteiger partial charge in [0.25, 0.3) is 5.91 Å². The number of methoxy groups -OCH3 is 1. The Hall–Kier alpha value is -3.79. The van der Waals surface area contributed by atoms with Gasteiger partial charge in [0, 0.05) is 11.6 Å². The number of amides is 1. The van der Waals surface area contributed by atoms with Crippen LogP contribution < -0.4 is 4.74 Å². The van der Waals surface area contributed by atoms with Crippen LogP contribution >= 0.6 is 11.6 Å². The summed E-state index contributed by atoms with van der Waals surface area (Å²) >= 11 is 6.37. The smallest absolute Gasteiger partial charge is 0.256 e. The number of carbonyl (C=O) groups excluding carboxylic acids is 1. The van der Waals surface area contributed by atoms with Crippen LogP contribution in [0.3, 0.4) is 0 Å². The number of likely N-dealkylation sites (tertiary alicyclic amines) is 1. The largest absolute Gasteiger partial charge is 0.493 e. The average molecular weight is 482 g/mol. The van der Waals surface area contributed by atoms with Crippen molar-refractivity contribution in [2.45, 2.75) is 25.8 Å². The van der Waals surface area contributed by atoms with E-state index >= 15 is 0 Å². The Balaban J connectivity index is 1.49. The number of carbonyl (C=O) groups is 1. The summed E-state index contributed by atoms with van der Waals surface area (Å²) in [6.07, 6.45) is 4.60. The molecule has 1 aliphatic heterocycles. The van der Waals surface area contributed by atoms with Crippen molar-refractivity contribution in [3.8, 4) is 22.8 Å². The van der Waals surface area contributed by atoms with Crippen LogP contribution in [0.2, 0.25) is 5.02 Å². The van der Waals surface area contributed by atoms with Gasteiger partial charge in [-0.3, -0.25) is 9.89 Å². The molecule has 2 aromatic heterocycles. The number of ether oxygens (including phenoxy) is 1. The van der Waals surface area contributed by atoms with Crippen molar-refractivity contribution < 1.29 is 13.9 Å². The SMILES string of the molecule is COc1c(F)cccc1-c1n[nH]c(C2CCCN2C(=O)c2cc(Cl)c(C)cc2-n2nccn2)n1. The fraction of sp³-hybridized carbons (Fsp3) is 0.261. The van der Waals surface area contributed by atoms with E-state index in [1.807, 2.05) is 6.92 Å². The predicted molar refractivity (Wildman–Crippen MR) is 122 cm³/mol. The van der Waals surface area contributed by atoms with Gasteiger partial charge in [0.1, 0.15) is 5.82 Å². The first-order valence-electron chi connectivity index (χ1n) is 10.7. The summed E-state index contributed by atoms with van der Waals surface area (Å²) in [6.45, 7) is 2.40. The third-order valence-electron chi connectivity index (χ3n) is 5.89. The van der Waals surface area contributed by atoms with E-state index in [2.05, 4.69) is 25.4 Å². The highest BCUT2D eigenvalue weighted by molar-refractivity contribution is 6.31. The van der Waals surface area contributed by atoms with E-state index in [1.165, 1.54) is 18.0 Å². The number of hydrogen-bond donors (Lipinski definition) is 1. The summed E-state index contributed by atoms with van der Waals surface area (Å²) in [5.41, 5.74) is 2.18. The van der Waals surface area contributed by atoms with E-state index in [4.69, 9.17) is 16.3 Å². The molecule has 174 valence electrons. The van der Waals surface area contributed by atoms with Gasteiger partial charge < -0.3 is 9.64 Å². The fourth-order valence-electron chi connectivity index (χ4n) is 4.23. The lowest BCUT2D eigenvalue weighted by Crippen LogP contribution is -2.32. The first-order chi connectivity index (χ1) is 16.5. The molecule has 11 heteroatoms. The Morgan fingerprint density at radius 2 is 2.06 bits per heavy atom. The lowest BCUT2D eigenvalue weighted by atomic mass is 10.1. The second-order valence-corrected chi connectivity index (χ2v) is 8.37. The zero-order valence-electron chi connectivity index (χ0n) is 18.5. The van der Waals surface area contributed by atoms with Crippen LogP contribution in [0, 0.1) is 12.7 Å². The maximum absolute atomic E-state index is 14.1. The van der Waals surface area contributed by atoms with Crippen LogP contribution in [0.15, 0.2) is 42.7 Å². The van der Waals surface area contributed by atoms with Crippen LogP contribution in [0.25, 0.3) is 17.1 Å². The summed E-state index contributed by atoms with van der Waals surface area (Å²) in [6, 6.07) is 7.68. The maximum atomic E-state index is 14.1. The molecule has 1 fully saturated rings. The zero-order valence-corrected chi connectivity index (χ0v) is 19.3. The number of aromatic nitrogens is 6. The number of hydrogen-bond acceptors (Lipinski definition) is 6. The Bertz CT molecular complexity index is 1360. The maximum Gasteiger partial charge on any atom is 0.256 e. The lowest BCUT2D eigenvalue weighted by molar-refractivity contribution is 0.0729. The highest BCUT2D eigenvalue weighted by Crippen LogP contribution is 2.35. The van der Waals surface area contributed by atoms with Crippen LogP contribution in [0.4, 0.5) is 4.39 Å². The normalized spacial score (nSPS) is 15.6. The van der Waals surface area contributed by atoms with Gasteiger partial charge in [-0.25, -0.2) is 9.37 Å². The molecule has 34 heavy (non-hydrogen) atoms. The van der Waals surface area contributed by atoms with Crippen LogP contribution in [0.5, 0.6) is 5.75 Å². The van der Waals surface area contributed by atoms with Crippen molar-refractivity contribution in [3.05, 3.63) is 70.5 Å². The van der Waals surface area contributed by atoms with Crippen LogP contribution in [-0.4, -0.2) is 54.6 Å². The number of aromatic amines is 1. The van der Waals surface area contributed by atoms with E-state index in [9.17, 15) is 9.18 Å². The van der Waals surface area contributed by atoms with Crippen molar-refractivity contribution >= 4 is 17.5 Å². The van der Waals surface area contributed by atoms with Crippen molar-refractivity contribution in [3.63, 3.8) is 0 Å². The van der Waals surface area contributed by atoms with Crippen molar-refractivity contribution in [1.82, 2.24) is 35.1 Å². The highest BCUT2D eigenvalue weighted by atomic mass is 35.5. The van der Waals surface area contributed by atoms with Gasteiger partial charge in [-0.05, 0) is 49.6 Å². The Labute approximate surface area is 199 Å². The Morgan fingerprint density at radius 1 is 1.26 bits per heavy atom. The van der Waals surface area contributed by atoms with Gasteiger partial charge in [0.2, 0.25) is 0 Å². The Morgan fingerprint density at radius 3 is 2.82 bits per heavy atom. The molecular formula is C23H21ClFN7O2. The minimum Gasteiger partial charge on any atom is -0.493 e. The molecule has 0 radical (unpaired) electrons. The van der Waals surface area contributed by atoms with E-state index in [0.717, 1.165) is 12.0 Å². The van der Waals surface area contributed by atoms with Gasteiger partial charge >= 0.3 is 0 Å². The van der Waals surface area contributed by atoms with Crippen LogP contribution in [0.1, 0.15) is 40.6 Å². The molecule has 0 saturated carbocycles. The molecule has 9 nitrogen and oxygen atoms in total. The average Bonchev–Trinajstić information content (AvgIpc) is 3.61.